The number of allylic oxidation sites excluding steroid dienone is 1. The molecule has 0 N–H and O–H groups in total. The van der Waals surface area contributed by atoms with E-state index in [1.807, 2.05) is 11.3 Å². The molecule has 41 heavy (non-hydrogen) atoms. The predicted molar refractivity (Wildman–Crippen MR) is 176 cm³/mol. The Morgan fingerprint density at radius 2 is 1.46 bits per heavy atom. The van der Waals surface area contributed by atoms with E-state index in [9.17, 15) is 0 Å². The van der Waals surface area contributed by atoms with Crippen molar-refractivity contribution in [2.75, 3.05) is 0 Å². The summed E-state index contributed by atoms with van der Waals surface area (Å²) in [6.07, 6.45) is 4.53. The van der Waals surface area contributed by atoms with Crippen molar-refractivity contribution in [3.63, 3.8) is 0 Å². The summed E-state index contributed by atoms with van der Waals surface area (Å²) in [5.41, 5.74) is 13.8. The molecule has 196 valence electrons. The van der Waals surface area contributed by atoms with Gasteiger partial charge in [-0.05, 0) is 71.0 Å². The monoisotopic (exact) mass is 543 g/mol. The fraction of sp³-hybridized carbons (Fsp3) is 0.128. The fourth-order valence-corrected chi connectivity index (χ4v) is 8.79. The lowest BCUT2D eigenvalue weighted by atomic mass is 9.82. The smallest absolute Gasteiger partial charge is 0.0537 e. The number of fused-ring (bicyclic) bond motifs is 10. The highest BCUT2D eigenvalue weighted by Crippen LogP contribution is 2.54. The summed E-state index contributed by atoms with van der Waals surface area (Å²) in [6.45, 7) is 4.80. The molecule has 9 rings (SSSR count). The zero-order chi connectivity index (χ0) is 27.3. The van der Waals surface area contributed by atoms with Crippen LogP contribution >= 0.6 is 11.3 Å². The standard InChI is InChI=1S/C39H29NS/c1-39(2)32-20-19-29-28-13-7-9-15-36(28)41-38(29)37(32)30-18-17-26(23-33(30)39)40-34-14-8-6-12-27(34)31-22-25(16-21-35(31)40)24-10-4-3-5-11-24/h3-15,17-20,22-23H,16,21H2,1-2H3. The van der Waals surface area contributed by atoms with E-state index in [4.69, 9.17) is 0 Å². The topological polar surface area (TPSA) is 4.93 Å². The zero-order valence-corrected chi connectivity index (χ0v) is 24.1. The molecule has 7 aromatic rings. The molecule has 0 aliphatic heterocycles. The summed E-state index contributed by atoms with van der Waals surface area (Å²) in [5.74, 6) is 0. The van der Waals surface area contributed by atoms with Crippen LogP contribution in [-0.2, 0) is 11.8 Å². The Morgan fingerprint density at radius 1 is 0.683 bits per heavy atom. The van der Waals surface area contributed by atoms with Gasteiger partial charge in [-0.3, -0.25) is 0 Å². The molecule has 2 heteroatoms. The van der Waals surface area contributed by atoms with Gasteiger partial charge in [-0.15, -0.1) is 11.3 Å². The Morgan fingerprint density at radius 3 is 2.34 bits per heavy atom. The fourth-order valence-electron chi connectivity index (χ4n) is 7.53. The predicted octanol–water partition coefficient (Wildman–Crippen LogP) is 10.8. The number of hydrogen-bond acceptors (Lipinski definition) is 1. The van der Waals surface area contributed by atoms with E-state index in [0.29, 0.717) is 0 Å². The first-order chi connectivity index (χ1) is 20.1. The molecule has 0 atom stereocenters. The van der Waals surface area contributed by atoms with Crippen molar-refractivity contribution in [2.45, 2.75) is 32.1 Å². The molecular formula is C39H29NS. The van der Waals surface area contributed by atoms with Gasteiger partial charge >= 0.3 is 0 Å². The van der Waals surface area contributed by atoms with E-state index >= 15 is 0 Å². The van der Waals surface area contributed by atoms with E-state index in [1.54, 1.807) is 0 Å². The molecule has 1 nitrogen and oxygen atoms in total. The van der Waals surface area contributed by atoms with Gasteiger partial charge in [0.25, 0.3) is 0 Å². The second-order valence-electron chi connectivity index (χ2n) is 12.1. The highest BCUT2D eigenvalue weighted by molar-refractivity contribution is 7.26. The average Bonchev–Trinajstić information content (AvgIpc) is 3.63. The van der Waals surface area contributed by atoms with Crippen LogP contribution in [0, 0.1) is 0 Å². The van der Waals surface area contributed by atoms with Crippen molar-refractivity contribution >= 4 is 54.1 Å². The maximum absolute atomic E-state index is 2.54. The SMILES string of the molecule is CC1(C)c2cc(-n3c4c(c5ccccc53)C=C(c3ccccc3)CC4)ccc2-c2c1ccc1c2sc2ccccc21. The van der Waals surface area contributed by atoms with Gasteiger partial charge < -0.3 is 4.57 Å². The molecule has 0 radical (unpaired) electrons. The second kappa shape index (κ2) is 8.31. The third kappa shape index (κ3) is 3.17. The summed E-state index contributed by atoms with van der Waals surface area (Å²) < 4.78 is 5.33. The molecule has 2 aromatic heterocycles. The minimum absolute atomic E-state index is 0.0611. The maximum atomic E-state index is 2.54. The van der Waals surface area contributed by atoms with Crippen LogP contribution in [0.1, 0.15) is 48.2 Å². The van der Waals surface area contributed by atoms with Crippen molar-refractivity contribution < 1.29 is 0 Å². The third-order valence-electron chi connectivity index (χ3n) is 9.53. The normalized spacial score (nSPS) is 15.2. The molecule has 5 aromatic carbocycles. The van der Waals surface area contributed by atoms with Crippen LogP contribution in [0.25, 0.3) is 59.5 Å². The summed E-state index contributed by atoms with van der Waals surface area (Å²) >= 11 is 1.94. The molecule has 0 saturated carbocycles. The van der Waals surface area contributed by atoms with Crippen molar-refractivity contribution in [2.24, 2.45) is 0 Å². The van der Waals surface area contributed by atoms with Crippen LogP contribution < -0.4 is 0 Å². The zero-order valence-electron chi connectivity index (χ0n) is 23.2. The van der Waals surface area contributed by atoms with Crippen molar-refractivity contribution in [3.05, 3.63) is 137 Å². The van der Waals surface area contributed by atoms with Gasteiger partial charge in [-0.25, -0.2) is 0 Å². The summed E-state index contributed by atoms with van der Waals surface area (Å²) in [4.78, 5) is 0. The molecule has 0 amide bonds. The van der Waals surface area contributed by atoms with Crippen LogP contribution in [0.4, 0.5) is 0 Å². The van der Waals surface area contributed by atoms with Crippen LogP contribution in [-0.4, -0.2) is 4.57 Å². The molecule has 2 aliphatic rings. The number of aromatic nitrogens is 1. The highest BCUT2D eigenvalue weighted by atomic mass is 32.1. The van der Waals surface area contributed by atoms with E-state index in [0.717, 1.165) is 12.8 Å². The van der Waals surface area contributed by atoms with Gasteiger partial charge in [-0.1, -0.05) is 98.8 Å². The van der Waals surface area contributed by atoms with Gasteiger partial charge in [0.1, 0.15) is 0 Å². The molecule has 0 unspecified atom stereocenters. The maximum Gasteiger partial charge on any atom is 0.0537 e. The molecule has 0 fully saturated rings. The molecular weight excluding hydrogens is 515 g/mol. The van der Waals surface area contributed by atoms with Gasteiger partial charge in [0.15, 0.2) is 0 Å². The summed E-state index contributed by atoms with van der Waals surface area (Å²) in [7, 11) is 0. The average molecular weight is 544 g/mol. The Balaban J connectivity index is 1.26. The first-order valence-corrected chi connectivity index (χ1v) is 15.4. The Labute approximate surface area is 244 Å². The lowest BCUT2D eigenvalue weighted by Gasteiger charge is -2.23. The summed E-state index contributed by atoms with van der Waals surface area (Å²) in [6, 6.07) is 40.6. The highest BCUT2D eigenvalue weighted by Gasteiger charge is 2.37. The molecule has 0 spiro atoms. The number of nitrogens with zero attached hydrogens (tertiary/aromatic N) is 1. The minimum atomic E-state index is -0.0611. The Kier molecular flexibility index (Phi) is 4.73. The Hall–Kier alpha value is -4.40. The van der Waals surface area contributed by atoms with Crippen LogP contribution in [0.2, 0.25) is 0 Å². The second-order valence-corrected chi connectivity index (χ2v) is 13.1. The molecule has 2 aliphatic carbocycles. The number of hydrogen-bond donors (Lipinski definition) is 0. The van der Waals surface area contributed by atoms with E-state index in [1.165, 1.54) is 81.4 Å². The van der Waals surface area contributed by atoms with Crippen LogP contribution in [0.15, 0.2) is 109 Å². The lowest BCUT2D eigenvalue weighted by Crippen LogP contribution is -2.15. The van der Waals surface area contributed by atoms with Crippen molar-refractivity contribution in [1.82, 2.24) is 4.57 Å². The largest absolute Gasteiger partial charge is 0.313 e. The molecule has 0 saturated heterocycles. The van der Waals surface area contributed by atoms with Gasteiger partial charge in [0, 0.05) is 53.5 Å². The number of rotatable bonds is 2. The third-order valence-corrected chi connectivity index (χ3v) is 10.7. The first kappa shape index (κ1) is 23.3. The lowest BCUT2D eigenvalue weighted by molar-refractivity contribution is 0.660. The molecule has 2 heterocycles. The number of thiophene rings is 1. The van der Waals surface area contributed by atoms with E-state index in [2.05, 4.69) is 134 Å². The van der Waals surface area contributed by atoms with Crippen molar-refractivity contribution in [3.8, 4) is 16.8 Å². The van der Waals surface area contributed by atoms with E-state index in [-0.39, 0.29) is 5.41 Å². The van der Waals surface area contributed by atoms with Crippen LogP contribution in [0.3, 0.4) is 0 Å². The first-order valence-electron chi connectivity index (χ1n) is 14.6. The number of para-hydroxylation sites is 1. The van der Waals surface area contributed by atoms with Gasteiger partial charge in [-0.2, -0.15) is 0 Å². The minimum Gasteiger partial charge on any atom is -0.313 e. The van der Waals surface area contributed by atoms with Crippen molar-refractivity contribution in [1.29, 1.82) is 0 Å². The van der Waals surface area contributed by atoms with E-state index < -0.39 is 0 Å². The van der Waals surface area contributed by atoms with Gasteiger partial charge in [0.2, 0.25) is 0 Å². The van der Waals surface area contributed by atoms with Gasteiger partial charge in [0.05, 0.1) is 5.52 Å². The summed E-state index contributed by atoms with van der Waals surface area (Å²) in [5, 5.41) is 4.08. The Bertz CT molecular complexity index is 2220. The number of benzene rings is 5. The molecule has 0 bridgehead atoms. The quantitative estimate of drug-likeness (QED) is 0.204. The van der Waals surface area contributed by atoms with Crippen LogP contribution in [0.5, 0.6) is 0 Å².